The van der Waals surface area contributed by atoms with Gasteiger partial charge in [0.05, 0.1) is 17.8 Å². The summed E-state index contributed by atoms with van der Waals surface area (Å²) >= 11 is 0. The zero-order chi connectivity index (χ0) is 22.8. The average molecular weight is 441 g/mol. The Bertz CT molecular complexity index is 1260. The lowest BCUT2D eigenvalue weighted by molar-refractivity contribution is -0.130. The van der Waals surface area contributed by atoms with Crippen LogP contribution in [0.15, 0.2) is 60.7 Å². The molecule has 7 heteroatoms. The first-order chi connectivity index (χ1) is 16.1. The quantitative estimate of drug-likeness (QED) is 0.478. The number of nitrogens with zero attached hydrogens (tertiary/aromatic N) is 6. The Labute approximate surface area is 193 Å². The first kappa shape index (κ1) is 21.1. The highest BCUT2D eigenvalue weighted by atomic mass is 16.2. The van der Waals surface area contributed by atoms with Gasteiger partial charge in [-0.2, -0.15) is 5.10 Å². The van der Waals surface area contributed by atoms with Crippen molar-refractivity contribution in [3.8, 4) is 5.69 Å². The Morgan fingerprint density at radius 3 is 2.39 bits per heavy atom. The summed E-state index contributed by atoms with van der Waals surface area (Å²) in [6.07, 6.45) is 1.83. The summed E-state index contributed by atoms with van der Waals surface area (Å²) in [6.45, 7) is 6.06. The van der Waals surface area contributed by atoms with Crippen LogP contribution in [0.3, 0.4) is 0 Å². The van der Waals surface area contributed by atoms with Gasteiger partial charge in [0.25, 0.3) is 0 Å². The molecule has 7 nitrogen and oxygen atoms in total. The second-order valence-electron chi connectivity index (χ2n) is 8.55. The van der Waals surface area contributed by atoms with Crippen molar-refractivity contribution in [2.24, 2.45) is 0 Å². The van der Waals surface area contributed by atoms with Crippen LogP contribution in [-0.4, -0.2) is 48.4 Å². The van der Waals surface area contributed by atoms with E-state index in [-0.39, 0.29) is 5.91 Å². The van der Waals surface area contributed by atoms with E-state index in [2.05, 4.69) is 26.9 Å². The van der Waals surface area contributed by atoms with Crippen LogP contribution < -0.4 is 0 Å². The number of aromatic nitrogens is 5. The van der Waals surface area contributed by atoms with E-state index in [1.54, 1.807) is 0 Å². The Kier molecular flexibility index (Phi) is 5.77. The molecular formula is C26H28N6O. The fraction of sp³-hybridized carbons (Fsp3) is 0.308. The van der Waals surface area contributed by atoms with Gasteiger partial charge < -0.3 is 9.47 Å². The van der Waals surface area contributed by atoms with Crippen LogP contribution >= 0.6 is 0 Å². The van der Waals surface area contributed by atoms with Gasteiger partial charge in [0.15, 0.2) is 0 Å². The summed E-state index contributed by atoms with van der Waals surface area (Å²) < 4.78 is 4.11. The minimum absolute atomic E-state index is 0.136. The number of carbonyl (C=O) groups excluding carboxylic acids is 1. The van der Waals surface area contributed by atoms with Gasteiger partial charge in [-0.05, 0) is 31.5 Å². The number of benzene rings is 2. The molecule has 0 radical (unpaired) electrons. The molecule has 2 aromatic heterocycles. The van der Waals surface area contributed by atoms with Gasteiger partial charge in [0.2, 0.25) is 5.91 Å². The van der Waals surface area contributed by atoms with Crippen LogP contribution in [-0.2, 0) is 30.6 Å². The first-order valence-electron chi connectivity index (χ1n) is 11.4. The molecule has 0 saturated heterocycles. The van der Waals surface area contributed by atoms with E-state index < -0.39 is 0 Å². The lowest BCUT2D eigenvalue weighted by atomic mass is 10.1. The Morgan fingerprint density at radius 1 is 0.909 bits per heavy atom. The van der Waals surface area contributed by atoms with Gasteiger partial charge in [-0.3, -0.25) is 4.79 Å². The molecule has 33 heavy (non-hydrogen) atoms. The summed E-state index contributed by atoms with van der Waals surface area (Å²) in [5.74, 6) is 2.05. The maximum absolute atomic E-state index is 13.3. The number of hydrogen-bond donors (Lipinski definition) is 0. The van der Waals surface area contributed by atoms with Gasteiger partial charge in [0.1, 0.15) is 11.6 Å². The largest absolute Gasteiger partial charge is 0.340 e. The van der Waals surface area contributed by atoms with Gasteiger partial charge in [0, 0.05) is 43.7 Å². The second kappa shape index (κ2) is 9.02. The predicted octanol–water partition coefficient (Wildman–Crippen LogP) is 3.30. The average Bonchev–Trinajstić information content (AvgIpc) is 3.25. The highest BCUT2D eigenvalue weighted by Gasteiger charge is 2.24. The molecule has 0 saturated carbocycles. The van der Waals surface area contributed by atoms with Gasteiger partial charge in [-0.1, -0.05) is 48.5 Å². The summed E-state index contributed by atoms with van der Waals surface area (Å²) in [7, 11) is 0. The zero-order valence-corrected chi connectivity index (χ0v) is 19.1. The van der Waals surface area contributed by atoms with Crippen molar-refractivity contribution < 1.29 is 4.79 Å². The van der Waals surface area contributed by atoms with Crippen molar-refractivity contribution in [3.63, 3.8) is 0 Å². The minimum atomic E-state index is 0.136. The summed E-state index contributed by atoms with van der Waals surface area (Å²) in [5, 5.41) is 13.5. The third kappa shape index (κ3) is 4.31. The smallest absolute Gasteiger partial charge is 0.227 e. The predicted molar refractivity (Wildman–Crippen MR) is 126 cm³/mol. The molecule has 0 bridgehead atoms. The molecular weight excluding hydrogens is 412 g/mol. The molecule has 1 amide bonds. The number of carbonyl (C=O) groups is 1. The van der Waals surface area contributed by atoms with E-state index >= 15 is 0 Å². The molecule has 5 rings (SSSR count). The lowest BCUT2D eigenvalue weighted by Gasteiger charge is -2.20. The number of amides is 1. The molecule has 0 unspecified atom stereocenters. The molecule has 0 spiro atoms. The van der Waals surface area contributed by atoms with Gasteiger partial charge in [-0.25, -0.2) is 4.68 Å². The van der Waals surface area contributed by atoms with Crippen molar-refractivity contribution in [2.45, 2.75) is 39.7 Å². The van der Waals surface area contributed by atoms with Crippen molar-refractivity contribution in [3.05, 3.63) is 94.8 Å². The van der Waals surface area contributed by atoms with Crippen LogP contribution in [0.25, 0.3) is 5.69 Å². The standard InChI is InChI=1S/C26H28N6O/c1-19-23(20(2)32(29-19)22-11-7-4-8-12-22)18-26(33)30-14-13-24-27-28-25(31(24)16-15-30)17-21-9-5-3-6-10-21/h3-12H,13-18H2,1-2H3. The fourth-order valence-corrected chi connectivity index (χ4v) is 4.56. The highest BCUT2D eigenvalue weighted by molar-refractivity contribution is 5.79. The molecule has 0 atom stereocenters. The van der Waals surface area contributed by atoms with Crippen LogP contribution in [0.4, 0.5) is 0 Å². The topological polar surface area (TPSA) is 68.8 Å². The van der Waals surface area contributed by atoms with Crippen LogP contribution in [0.5, 0.6) is 0 Å². The van der Waals surface area contributed by atoms with Crippen molar-refractivity contribution in [1.82, 2.24) is 29.4 Å². The Balaban J connectivity index is 1.29. The number of hydrogen-bond acceptors (Lipinski definition) is 4. The van der Waals surface area contributed by atoms with Gasteiger partial charge in [-0.15, -0.1) is 10.2 Å². The Morgan fingerprint density at radius 2 is 1.64 bits per heavy atom. The van der Waals surface area contributed by atoms with E-state index in [0.717, 1.165) is 53.7 Å². The molecule has 2 aromatic carbocycles. The number of aryl methyl sites for hydroxylation is 1. The van der Waals surface area contributed by atoms with E-state index in [9.17, 15) is 4.79 Å². The number of para-hydroxylation sites is 1. The van der Waals surface area contributed by atoms with Crippen molar-refractivity contribution in [2.75, 3.05) is 13.1 Å². The molecule has 168 valence electrons. The lowest BCUT2D eigenvalue weighted by Crippen LogP contribution is -2.35. The second-order valence-corrected chi connectivity index (χ2v) is 8.55. The minimum Gasteiger partial charge on any atom is -0.340 e. The van der Waals surface area contributed by atoms with Crippen molar-refractivity contribution >= 4 is 5.91 Å². The molecule has 4 aromatic rings. The third-order valence-electron chi connectivity index (χ3n) is 6.43. The summed E-state index contributed by atoms with van der Waals surface area (Å²) in [4.78, 5) is 15.2. The monoisotopic (exact) mass is 440 g/mol. The normalized spacial score (nSPS) is 13.6. The summed E-state index contributed by atoms with van der Waals surface area (Å²) in [6, 6.07) is 20.4. The fourth-order valence-electron chi connectivity index (χ4n) is 4.56. The molecule has 0 N–H and O–H groups in total. The van der Waals surface area contributed by atoms with Crippen LogP contribution in [0.2, 0.25) is 0 Å². The van der Waals surface area contributed by atoms with Gasteiger partial charge >= 0.3 is 0 Å². The van der Waals surface area contributed by atoms with E-state index in [0.29, 0.717) is 19.5 Å². The van der Waals surface area contributed by atoms with Crippen LogP contribution in [0, 0.1) is 13.8 Å². The SMILES string of the molecule is Cc1nn(-c2ccccc2)c(C)c1CC(=O)N1CCc2nnc(Cc3ccccc3)n2CC1. The first-order valence-corrected chi connectivity index (χ1v) is 11.4. The highest BCUT2D eigenvalue weighted by Crippen LogP contribution is 2.20. The molecule has 3 heterocycles. The molecule has 1 aliphatic rings. The zero-order valence-electron chi connectivity index (χ0n) is 19.1. The maximum atomic E-state index is 13.3. The van der Waals surface area contributed by atoms with Crippen molar-refractivity contribution in [1.29, 1.82) is 0 Å². The maximum Gasteiger partial charge on any atom is 0.227 e. The number of rotatable bonds is 5. The van der Waals surface area contributed by atoms with E-state index in [1.165, 1.54) is 5.56 Å². The van der Waals surface area contributed by atoms with E-state index in [4.69, 9.17) is 5.10 Å². The number of fused-ring (bicyclic) bond motifs is 1. The van der Waals surface area contributed by atoms with Crippen LogP contribution in [0.1, 0.15) is 34.2 Å². The Hall–Kier alpha value is -3.74. The summed E-state index contributed by atoms with van der Waals surface area (Å²) in [5.41, 5.74) is 5.16. The molecule has 0 aliphatic carbocycles. The molecule has 1 aliphatic heterocycles. The molecule has 0 fully saturated rings. The third-order valence-corrected chi connectivity index (χ3v) is 6.43. The van der Waals surface area contributed by atoms with E-state index in [1.807, 2.05) is 72.0 Å².